The fraction of sp³-hybridized carbons (Fsp3) is 0.267. The third-order valence-electron chi connectivity index (χ3n) is 2.87. The molecule has 0 aliphatic heterocycles. The monoisotopic (exact) mass is 304 g/mol. The van der Waals surface area contributed by atoms with Gasteiger partial charge in [-0.2, -0.15) is 0 Å². The molecule has 1 amide bonds. The molecule has 1 N–H and O–H groups in total. The number of hydrogen-bond donors (Lipinski definition) is 1. The number of methoxy groups -OCH3 is 1. The number of aromatic nitrogens is 1. The fourth-order valence-electron chi connectivity index (χ4n) is 1.76. The summed E-state index contributed by atoms with van der Waals surface area (Å²) in [6, 6.07) is 6.48. The van der Waals surface area contributed by atoms with Crippen molar-refractivity contribution in [3.63, 3.8) is 0 Å². The number of anilines is 1. The Balaban J connectivity index is 1.90. The summed E-state index contributed by atoms with van der Waals surface area (Å²) < 4.78 is 14.9. The number of nitrogens with zero attached hydrogens (tertiary/aromatic N) is 1. The van der Waals surface area contributed by atoms with E-state index in [4.69, 9.17) is 14.0 Å². The Morgan fingerprint density at radius 1 is 1.27 bits per heavy atom. The highest BCUT2D eigenvalue weighted by Crippen LogP contribution is 2.19. The molecule has 7 nitrogen and oxygen atoms in total. The van der Waals surface area contributed by atoms with Crippen LogP contribution in [-0.4, -0.2) is 30.7 Å². The Bertz CT molecular complexity index is 693. The van der Waals surface area contributed by atoms with Gasteiger partial charge in [0.05, 0.1) is 18.4 Å². The van der Waals surface area contributed by atoms with Gasteiger partial charge in [-0.15, -0.1) is 0 Å². The van der Waals surface area contributed by atoms with E-state index in [1.807, 2.05) is 6.92 Å². The minimum absolute atomic E-state index is 0.204. The summed E-state index contributed by atoms with van der Waals surface area (Å²) in [6.45, 7) is 3.17. The van der Waals surface area contributed by atoms with Gasteiger partial charge < -0.3 is 14.0 Å². The quantitative estimate of drug-likeness (QED) is 0.851. The highest BCUT2D eigenvalue weighted by molar-refractivity contribution is 5.95. The average molecular weight is 304 g/mol. The van der Waals surface area contributed by atoms with E-state index in [1.165, 1.54) is 7.11 Å². The zero-order valence-electron chi connectivity index (χ0n) is 12.5. The van der Waals surface area contributed by atoms with Crippen molar-refractivity contribution in [1.29, 1.82) is 0 Å². The molecule has 116 valence electrons. The number of benzene rings is 1. The lowest BCUT2D eigenvalue weighted by Gasteiger charge is -2.08. The Hall–Kier alpha value is -2.83. The summed E-state index contributed by atoms with van der Waals surface area (Å²) in [4.78, 5) is 23.5. The average Bonchev–Trinajstić information content (AvgIpc) is 2.90. The Labute approximate surface area is 127 Å². The first-order valence-electron chi connectivity index (χ1n) is 6.54. The molecule has 0 aliphatic carbocycles. The van der Waals surface area contributed by atoms with Gasteiger partial charge in [-0.25, -0.2) is 4.79 Å². The van der Waals surface area contributed by atoms with Crippen molar-refractivity contribution in [2.24, 2.45) is 0 Å². The molecule has 0 unspecified atom stereocenters. The summed E-state index contributed by atoms with van der Waals surface area (Å²) in [6.07, 6.45) is 0. The lowest BCUT2D eigenvalue weighted by Crippen LogP contribution is -2.20. The van der Waals surface area contributed by atoms with Gasteiger partial charge in [-0.3, -0.25) is 10.1 Å². The molecule has 0 saturated carbocycles. The number of hydrogen-bond acceptors (Lipinski definition) is 6. The van der Waals surface area contributed by atoms with Crippen molar-refractivity contribution in [2.45, 2.75) is 13.8 Å². The lowest BCUT2D eigenvalue weighted by molar-refractivity contribution is -0.119. The van der Waals surface area contributed by atoms with Crippen LogP contribution in [0.3, 0.4) is 0 Å². The van der Waals surface area contributed by atoms with Crippen LogP contribution in [0.4, 0.5) is 5.88 Å². The second-order valence-corrected chi connectivity index (χ2v) is 4.64. The van der Waals surface area contributed by atoms with E-state index in [0.29, 0.717) is 17.0 Å². The van der Waals surface area contributed by atoms with Crippen LogP contribution >= 0.6 is 0 Å². The van der Waals surface area contributed by atoms with Crippen molar-refractivity contribution in [1.82, 2.24) is 5.16 Å². The molecule has 1 aromatic carbocycles. The van der Waals surface area contributed by atoms with E-state index in [1.54, 1.807) is 31.2 Å². The minimum atomic E-state index is -0.609. The van der Waals surface area contributed by atoms with Crippen LogP contribution in [0.2, 0.25) is 0 Å². The number of esters is 1. The summed E-state index contributed by atoms with van der Waals surface area (Å²) in [5.74, 6) is -0.336. The Morgan fingerprint density at radius 2 is 2.05 bits per heavy atom. The van der Waals surface area contributed by atoms with Crippen LogP contribution in [0.15, 0.2) is 28.8 Å². The number of rotatable bonds is 5. The van der Waals surface area contributed by atoms with Crippen molar-refractivity contribution in [3.8, 4) is 5.75 Å². The van der Waals surface area contributed by atoms with Crippen molar-refractivity contribution >= 4 is 17.8 Å². The van der Waals surface area contributed by atoms with Crippen LogP contribution in [0.1, 0.15) is 21.6 Å². The normalized spacial score (nSPS) is 10.1. The number of carbonyl (C=O) groups is 2. The van der Waals surface area contributed by atoms with Gasteiger partial charge in [0, 0.05) is 6.07 Å². The first-order chi connectivity index (χ1) is 10.5. The van der Waals surface area contributed by atoms with Gasteiger partial charge in [0.2, 0.25) is 5.88 Å². The summed E-state index contributed by atoms with van der Waals surface area (Å²) in [5, 5.41) is 6.06. The molecule has 0 spiro atoms. The van der Waals surface area contributed by atoms with Crippen LogP contribution in [0.25, 0.3) is 0 Å². The van der Waals surface area contributed by atoms with Gasteiger partial charge in [0.25, 0.3) is 5.91 Å². The van der Waals surface area contributed by atoms with Gasteiger partial charge in [-0.05, 0) is 31.5 Å². The number of nitrogens with one attached hydrogen (secondary N) is 1. The summed E-state index contributed by atoms with van der Waals surface area (Å²) >= 11 is 0. The second-order valence-electron chi connectivity index (χ2n) is 4.64. The first-order valence-corrected chi connectivity index (χ1v) is 6.54. The van der Waals surface area contributed by atoms with E-state index in [2.05, 4.69) is 10.5 Å². The topological polar surface area (TPSA) is 90.7 Å². The third kappa shape index (κ3) is 3.85. The zero-order chi connectivity index (χ0) is 16.1. The maximum absolute atomic E-state index is 11.9. The maximum atomic E-state index is 11.9. The Morgan fingerprint density at radius 3 is 2.68 bits per heavy atom. The molecule has 1 aromatic heterocycles. The molecular weight excluding hydrogens is 288 g/mol. The highest BCUT2D eigenvalue weighted by atomic mass is 16.5. The lowest BCUT2D eigenvalue weighted by atomic mass is 10.1. The van der Waals surface area contributed by atoms with E-state index >= 15 is 0 Å². The van der Waals surface area contributed by atoms with E-state index in [9.17, 15) is 9.59 Å². The largest absolute Gasteiger partial charge is 0.496 e. The number of ether oxygens (including phenoxy) is 2. The molecule has 7 heteroatoms. The van der Waals surface area contributed by atoms with Crippen molar-refractivity contribution in [3.05, 3.63) is 41.1 Å². The molecule has 2 aromatic rings. The van der Waals surface area contributed by atoms with Gasteiger partial charge in [0.15, 0.2) is 6.61 Å². The van der Waals surface area contributed by atoms with Crippen LogP contribution < -0.4 is 10.1 Å². The summed E-state index contributed by atoms with van der Waals surface area (Å²) in [7, 11) is 1.52. The van der Waals surface area contributed by atoms with E-state index in [-0.39, 0.29) is 5.88 Å². The predicted octanol–water partition coefficient (Wildman–Crippen LogP) is 2.10. The Kier molecular flexibility index (Phi) is 4.77. The molecule has 1 heterocycles. The SMILES string of the molecule is COc1cc(C(=O)OCC(=O)Nc2cc(C)no2)ccc1C. The highest BCUT2D eigenvalue weighted by Gasteiger charge is 2.13. The standard InChI is InChI=1S/C15H16N2O5/c1-9-4-5-11(7-12(9)20-3)15(19)21-8-13(18)16-14-6-10(2)17-22-14/h4-7H,8H2,1-3H3,(H,16,18). The van der Waals surface area contributed by atoms with Crippen molar-refractivity contribution in [2.75, 3.05) is 19.0 Å². The maximum Gasteiger partial charge on any atom is 0.338 e. The molecule has 0 aliphatic rings. The van der Waals surface area contributed by atoms with E-state index < -0.39 is 18.5 Å². The molecular formula is C15H16N2O5. The van der Waals surface area contributed by atoms with E-state index in [0.717, 1.165) is 5.56 Å². The molecule has 0 radical (unpaired) electrons. The molecule has 2 rings (SSSR count). The van der Waals surface area contributed by atoms with Gasteiger partial charge >= 0.3 is 5.97 Å². The zero-order valence-corrected chi connectivity index (χ0v) is 12.5. The number of carbonyl (C=O) groups excluding carboxylic acids is 2. The number of aryl methyl sites for hydroxylation is 2. The van der Waals surface area contributed by atoms with Crippen molar-refractivity contribution < 1.29 is 23.6 Å². The molecule has 0 saturated heterocycles. The predicted molar refractivity (Wildman–Crippen MR) is 77.9 cm³/mol. The fourth-order valence-corrected chi connectivity index (χ4v) is 1.76. The number of amides is 1. The van der Waals surface area contributed by atoms with Gasteiger partial charge in [-0.1, -0.05) is 11.2 Å². The smallest absolute Gasteiger partial charge is 0.338 e. The first kappa shape index (κ1) is 15.6. The molecule has 22 heavy (non-hydrogen) atoms. The summed E-state index contributed by atoms with van der Waals surface area (Å²) in [5.41, 5.74) is 1.85. The second kappa shape index (κ2) is 6.75. The minimum Gasteiger partial charge on any atom is -0.496 e. The van der Waals surface area contributed by atoms with Crippen LogP contribution in [0, 0.1) is 13.8 Å². The van der Waals surface area contributed by atoms with Crippen LogP contribution in [-0.2, 0) is 9.53 Å². The van der Waals surface area contributed by atoms with Crippen LogP contribution in [0.5, 0.6) is 5.75 Å². The van der Waals surface area contributed by atoms with Gasteiger partial charge in [0.1, 0.15) is 5.75 Å². The molecule has 0 bridgehead atoms. The molecule has 0 atom stereocenters. The molecule has 0 fully saturated rings. The third-order valence-corrected chi connectivity index (χ3v) is 2.87.